The highest BCUT2D eigenvalue weighted by atomic mass is 16.4. The number of Topliss-reactive ketones (excluding diaryl/α,β-unsaturated/α-hetero) is 1. The summed E-state index contributed by atoms with van der Waals surface area (Å²) in [7, 11) is 0. The van der Waals surface area contributed by atoms with Crippen LogP contribution in [0.25, 0.3) is 0 Å². The number of carboxylic acid groups (broad SMARTS) is 1. The summed E-state index contributed by atoms with van der Waals surface area (Å²) in [6, 6.07) is 7.47. The Bertz CT molecular complexity index is 383. The zero-order chi connectivity index (χ0) is 12.0. The number of benzene rings is 1. The van der Waals surface area contributed by atoms with E-state index in [0.717, 1.165) is 11.1 Å². The number of unbranched alkanes of at least 4 members (excludes halogenated alkanes) is 1. The summed E-state index contributed by atoms with van der Waals surface area (Å²) in [6.07, 6.45) is 1.77. The molecule has 3 nitrogen and oxygen atoms in total. The van der Waals surface area contributed by atoms with Crippen LogP contribution in [0.1, 0.15) is 41.6 Å². The van der Waals surface area contributed by atoms with Crippen molar-refractivity contribution < 1.29 is 14.7 Å². The quantitative estimate of drug-likeness (QED) is 0.592. The molecule has 1 N–H and O–H groups in total. The molecule has 0 bridgehead atoms. The summed E-state index contributed by atoms with van der Waals surface area (Å²) in [6.45, 7) is 1.95. The topological polar surface area (TPSA) is 54.4 Å². The zero-order valence-electron chi connectivity index (χ0n) is 9.40. The minimum atomic E-state index is -0.803. The summed E-state index contributed by atoms with van der Waals surface area (Å²) in [5.74, 6) is -0.711. The molecular formula is C13H16O3. The van der Waals surface area contributed by atoms with Gasteiger partial charge in [-0.15, -0.1) is 0 Å². The molecule has 0 aliphatic rings. The molecule has 0 unspecified atom stereocenters. The third kappa shape index (κ3) is 4.26. The Morgan fingerprint density at radius 2 is 1.88 bits per heavy atom. The molecular weight excluding hydrogens is 204 g/mol. The first kappa shape index (κ1) is 12.4. The molecule has 1 aromatic carbocycles. The number of rotatable bonds is 6. The van der Waals surface area contributed by atoms with Crippen LogP contribution in [0.15, 0.2) is 24.3 Å². The minimum Gasteiger partial charge on any atom is -0.481 e. The lowest BCUT2D eigenvalue weighted by atomic mass is 10.0. The van der Waals surface area contributed by atoms with Crippen LogP contribution >= 0.6 is 0 Å². The van der Waals surface area contributed by atoms with E-state index in [4.69, 9.17) is 5.11 Å². The van der Waals surface area contributed by atoms with Crippen LogP contribution in [-0.4, -0.2) is 16.9 Å². The molecule has 16 heavy (non-hydrogen) atoms. The fourth-order valence-corrected chi connectivity index (χ4v) is 1.52. The first-order chi connectivity index (χ1) is 7.59. The molecule has 0 saturated heterocycles. The van der Waals surface area contributed by atoms with Crippen LogP contribution in [0.5, 0.6) is 0 Å². The summed E-state index contributed by atoms with van der Waals surface area (Å²) in [5.41, 5.74) is 1.78. The molecule has 0 spiro atoms. The maximum atomic E-state index is 11.7. The van der Waals surface area contributed by atoms with Crippen molar-refractivity contribution in [1.29, 1.82) is 0 Å². The molecule has 0 fully saturated rings. The predicted molar refractivity (Wildman–Crippen MR) is 61.6 cm³/mol. The van der Waals surface area contributed by atoms with E-state index in [1.54, 1.807) is 6.07 Å². The van der Waals surface area contributed by atoms with Gasteiger partial charge in [0.05, 0.1) is 0 Å². The Hall–Kier alpha value is -1.64. The first-order valence-corrected chi connectivity index (χ1v) is 5.41. The van der Waals surface area contributed by atoms with Crippen molar-refractivity contribution in [2.45, 2.75) is 32.6 Å². The lowest BCUT2D eigenvalue weighted by Crippen LogP contribution is -2.00. The SMILES string of the molecule is Cc1cccc(C(=O)CCCCC(=O)O)c1. The van der Waals surface area contributed by atoms with Gasteiger partial charge in [-0.3, -0.25) is 9.59 Å². The van der Waals surface area contributed by atoms with Gasteiger partial charge >= 0.3 is 5.97 Å². The van der Waals surface area contributed by atoms with Gasteiger partial charge in [-0.2, -0.15) is 0 Å². The first-order valence-electron chi connectivity index (χ1n) is 5.41. The van der Waals surface area contributed by atoms with Crippen molar-refractivity contribution >= 4 is 11.8 Å². The summed E-state index contributed by atoms with van der Waals surface area (Å²) >= 11 is 0. The number of aliphatic carboxylic acids is 1. The van der Waals surface area contributed by atoms with Crippen LogP contribution < -0.4 is 0 Å². The molecule has 0 saturated carbocycles. The smallest absolute Gasteiger partial charge is 0.303 e. The fraction of sp³-hybridized carbons (Fsp3) is 0.385. The lowest BCUT2D eigenvalue weighted by Gasteiger charge is -2.01. The lowest BCUT2D eigenvalue weighted by molar-refractivity contribution is -0.137. The van der Waals surface area contributed by atoms with Crippen molar-refractivity contribution in [2.24, 2.45) is 0 Å². The number of hydrogen-bond donors (Lipinski definition) is 1. The van der Waals surface area contributed by atoms with Crippen LogP contribution in [0, 0.1) is 6.92 Å². The van der Waals surface area contributed by atoms with Crippen LogP contribution in [-0.2, 0) is 4.79 Å². The maximum Gasteiger partial charge on any atom is 0.303 e. The van der Waals surface area contributed by atoms with E-state index >= 15 is 0 Å². The molecule has 0 aliphatic carbocycles. The predicted octanol–water partition coefficient (Wildman–Crippen LogP) is 2.82. The van der Waals surface area contributed by atoms with Crippen LogP contribution in [0.4, 0.5) is 0 Å². The Morgan fingerprint density at radius 3 is 2.50 bits per heavy atom. The zero-order valence-corrected chi connectivity index (χ0v) is 9.40. The second-order valence-corrected chi connectivity index (χ2v) is 3.89. The molecule has 3 heteroatoms. The summed E-state index contributed by atoms with van der Waals surface area (Å²) in [5, 5.41) is 8.45. The van der Waals surface area contributed by atoms with Gasteiger partial charge in [0.15, 0.2) is 5.78 Å². The molecule has 1 rings (SSSR count). The van der Waals surface area contributed by atoms with Gasteiger partial charge in [0, 0.05) is 18.4 Å². The number of ketones is 1. The van der Waals surface area contributed by atoms with E-state index in [2.05, 4.69) is 0 Å². The van der Waals surface area contributed by atoms with Gasteiger partial charge in [-0.1, -0.05) is 23.8 Å². The van der Waals surface area contributed by atoms with Crippen LogP contribution in [0.2, 0.25) is 0 Å². The van der Waals surface area contributed by atoms with Gasteiger partial charge in [0.25, 0.3) is 0 Å². The van der Waals surface area contributed by atoms with E-state index in [0.29, 0.717) is 19.3 Å². The molecule has 0 aromatic heterocycles. The Kier molecular flexibility index (Phi) is 4.70. The van der Waals surface area contributed by atoms with Crippen molar-refractivity contribution in [1.82, 2.24) is 0 Å². The van der Waals surface area contributed by atoms with Crippen LogP contribution in [0.3, 0.4) is 0 Å². The highest BCUT2D eigenvalue weighted by molar-refractivity contribution is 5.96. The molecule has 0 aliphatic heterocycles. The molecule has 86 valence electrons. The van der Waals surface area contributed by atoms with E-state index in [9.17, 15) is 9.59 Å². The third-order valence-corrected chi connectivity index (χ3v) is 2.38. The molecule has 0 heterocycles. The molecule has 0 atom stereocenters. The van der Waals surface area contributed by atoms with Gasteiger partial charge < -0.3 is 5.11 Å². The van der Waals surface area contributed by atoms with Gasteiger partial charge in [0.1, 0.15) is 0 Å². The largest absolute Gasteiger partial charge is 0.481 e. The highest BCUT2D eigenvalue weighted by Gasteiger charge is 2.06. The Balaban J connectivity index is 2.38. The number of carbonyl (C=O) groups excluding carboxylic acids is 1. The number of aryl methyl sites for hydroxylation is 1. The average molecular weight is 220 g/mol. The normalized spacial score (nSPS) is 10.1. The number of carboxylic acids is 1. The highest BCUT2D eigenvalue weighted by Crippen LogP contribution is 2.10. The number of carbonyl (C=O) groups is 2. The maximum absolute atomic E-state index is 11.7. The monoisotopic (exact) mass is 220 g/mol. The van der Waals surface area contributed by atoms with E-state index in [1.165, 1.54) is 0 Å². The van der Waals surface area contributed by atoms with E-state index < -0.39 is 5.97 Å². The van der Waals surface area contributed by atoms with Gasteiger partial charge in [-0.05, 0) is 25.8 Å². The second-order valence-electron chi connectivity index (χ2n) is 3.89. The summed E-state index contributed by atoms with van der Waals surface area (Å²) < 4.78 is 0. The standard InChI is InChI=1S/C13H16O3/c1-10-5-4-6-11(9-10)12(14)7-2-3-8-13(15)16/h4-6,9H,2-3,7-8H2,1H3,(H,15,16). The Morgan fingerprint density at radius 1 is 1.19 bits per heavy atom. The molecule has 1 aromatic rings. The average Bonchev–Trinajstić information content (AvgIpc) is 2.24. The number of hydrogen-bond acceptors (Lipinski definition) is 2. The van der Waals surface area contributed by atoms with Gasteiger partial charge in [-0.25, -0.2) is 0 Å². The van der Waals surface area contributed by atoms with Crippen molar-refractivity contribution in [2.75, 3.05) is 0 Å². The Labute approximate surface area is 95.1 Å². The van der Waals surface area contributed by atoms with Crippen molar-refractivity contribution in [3.8, 4) is 0 Å². The minimum absolute atomic E-state index is 0.0917. The summed E-state index contributed by atoms with van der Waals surface area (Å²) in [4.78, 5) is 22.0. The van der Waals surface area contributed by atoms with Crippen molar-refractivity contribution in [3.05, 3.63) is 35.4 Å². The van der Waals surface area contributed by atoms with E-state index in [-0.39, 0.29) is 12.2 Å². The second kappa shape index (κ2) is 6.05. The van der Waals surface area contributed by atoms with Gasteiger partial charge in [0.2, 0.25) is 0 Å². The fourth-order valence-electron chi connectivity index (χ4n) is 1.52. The van der Waals surface area contributed by atoms with E-state index in [1.807, 2.05) is 25.1 Å². The third-order valence-electron chi connectivity index (χ3n) is 2.38. The molecule has 0 amide bonds. The molecule has 0 radical (unpaired) electrons. The van der Waals surface area contributed by atoms with Crippen molar-refractivity contribution in [3.63, 3.8) is 0 Å².